The van der Waals surface area contributed by atoms with Gasteiger partial charge in [0.05, 0.1) is 24.4 Å². The zero-order chi connectivity index (χ0) is 21.6. The molecule has 2 fully saturated rings. The number of carbonyl (C=O) groups excluding carboxylic acids is 3. The van der Waals surface area contributed by atoms with E-state index >= 15 is 0 Å². The quantitative estimate of drug-likeness (QED) is 0.711. The summed E-state index contributed by atoms with van der Waals surface area (Å²) in [4.78, 5) is 27.8. The molecule has 2 heterocycles. The molecule has 1 N–H and O–H groups in total. The highest BCUT2D eigenvalue weighted by molar-refractivity contribution is 5.66. The second kappa shape index (κ2) is 11.0. The summed E-state index contributed by atoms with van der Waals surface area (Å²) < 4.78 is 23.9. The third-order valence-corrected chi connectivity index (χ3v) is 5.96. The highest BCUT2D eigenvalue weighted by atomic mass is 16.7. The molecule has 0 aromatic heterocycles. The minimum absolute atomic E-state index is 0.0203. The number of rotatable bonds is 4. The van der Waals surface area contributed by atoms with Gasteiger partial charge in [-0.2, -0.15) is 9.59 Å². The Morgan fingerprint density at radius 2 is 1.54 bits per heavy atom. The molecular formula is C20H34O8. The minimum atomic E-state index is -0.497. The molecule has 0 radical (unpaired) electrons. The molecule has 8 heteroatoms. The third-order valence-electron chi connectivity index (χ3n) is 5.96. The van der Waals surface area contributed by atoms with Gasteiger partial charge in [-0.05, 0) is 26.2 Å². The van der Waals surface area contributed by atoms with E-state index in [0.717, 1.165) is 6.42 Å². The van der Waals surface area contributed by atoms with Crippen LogP contribution in [0.3, 0.4) is 0 Å². The molecule has 0 aromatic carbocycles. The Balaban J connectivity index is 0.00000122. The van der Waals surface area contributed by atoms with Crippen LogP contribution in [-0.4, -0.2) is 60.1 Å². The highest BCUT2D eigenvalue weighted by Crippen LogP contribution is 2.37. The van der Waals surface area contributed by atoms with E-state index < -0.39 is 18.5 Å². The van der Waals surface area contributed by atoms with Gasteiger partial charge in [0, 0.05) is 18.8 Å². The number of hydrogen-bond donors (Lipinski definition) is 1. The smallest absolute Gasteiger partial charge is 0.373 e. The van der Waals surface area contributed by atoms with Gasteiger partial charge in [-0.1, -0.05) is 27.7 Å². The lowest BCUT2D eigenvalue weighted by molar-refractivity contribution is -0.313. The zero-order valence-corrected chi connectivity index (χ0v) is 17.8. The molecule has 28 heavy (non-hydrogen) atoms. The summed E-state index contributed by atoms with van der Waals surface area (Å²) in [6.07, 6.45) is -1.26. The van der Waals surface area contributed by atoms with E-state index in [1.807, 2.05) is 41.5 Å². The van der Waals surface area contributed by atoms with E-state index in [2.05, 4.69) is 0 Å². The van der Waals surface area contributed by atoms with Crippen LogP contribution in [0.2, 0.25) is 0 Å². The fraction of sp³-hybridized carbons (Fsp3) is 0.900. The second-order valence-corrected chi connectivity index (χ2v) is 7.82. The van der Waals surface area contributed by atoms with E-state index in [1.54, 1.807) is 0 Å². The van der Waals surface area contributed by atoms with Crippen molar-refractivity contribution in [2.45, 2.75) is 97.8 Å². The summed E-state index contributed by atoms with van der Waals surface area (Å²) in [6.45, 7) is 13.4. The average Bonchev–Trinajstić information content (AvgIpc) is 2.62. The first kappa shape index (κ1) is 24.7. The van der Waals surface area contributed by atoms with Crippen molar-refractivity contribution < 1.29 is 38.4 Å². The summed E-state index contributed by atoms with van der Waals surface area (Å²) in [5.41, 5.74) is 0. The molecule has 162 valence electrons. The Morgan fingerprint density at radius 3 is 2.04 bits per heavy atom. The Labute approximate surface area is 166 Å². The van der Waals surface area contributed by atoms with E-state index in [9.17, 15) is 9.90 Å². The number of aliphatic hydroxyl groups is 1. The number of esters is 1. The second-order valence-electron chi connectivity index (χ2n) is 7.82. The maximum atomic E-state index is 11.6. The van der Waals surface area contributed by atoms with Crippen molar-refractivity contribution in [1.82, 2.24) is 0 Å². The summed E-state index contributed by atoms with van der Waals surface area (Å²) in [5.74, 6) is -0.210. The number of hydrogen-bond acceptors (Lipinski definition) is 8. The van der Waals surface area contributed by atoms with E-state index in [0.29, 0.717) is 0 Å². The standard InChI is InChI=1S/C19H34O6.CO2/c1-8-15-16(21)9(2)10(3)19(24-15)25-18-13(6)22-12(5)11(4)17(18)23-14(7)20;2-1-3/h9-13,15-19,21H,8H2,1-7H3;/t9-,10?,11?,12-,13?,15?,16+,17+,18-,19+;/m1./s1. The molecule has 0 aromatic rings. The Bertz CT molecular complexity index is 530. The van der Waals surface area contributed by atoms with Gasteiger partial charge in [-0.3, -0.25) is 4.79 Å². The summed E-state index contributed by atoms with van der Waals surface area (Å²) in [7, 11) is 0. The monoisotopic (exact) mass is 402 g/mol. The molecule has 0 amide bonds. The number of aliphatic hydroxyl groups excluding tert-OH is 1. The van der Waals surface area contributed by atoms with Crippen molar-refractivity contribution in [2.75, 3.05) is 0 Å². The molecular weight excluding hydrogens is 368 g/mol. The molecule has 2 rings (SSSR count). The van der Waals surface area contributed by atoms with Crippen molar-refractivity contribution in [2.24, 2.45) is 17.8 Å². The number of carbonyl (C=O) groups is 1. The minimum Gasteiger partial charge on any atom is -0.459 e. The molecule has 8 nitrogen and oxygen atoms in total. The van der Waals surface area contributed by atoms with Crippen molar-refractivity contribution in [3.63, 3.8) is 0 Å². The van der Waals surface area contributed by atoms with Gasteiger partial charge in [0.1, 0.15) is 12.2 Å². The lowest BCUT2D eigenvalue weighted by Gasteiger charge is -2.47. The van der Waals surface area contributed by atoms with Crippen molar-refractivity contribution in [3.8, 4) is 0 Å². The van der Waals surface area contributed by atoms with E-state index in [-0.39, 0.29) is 54.3 Å². The molecule has 2 saturated heterocycles. The zero-order valence-electron chi connectivity index (χ0n) is 17.8. The molecule has 4 unspecified atom stereocenters. The molecule has 0 saturated carbocycles. The molecule has 2 aliphatic rings. The fourth-order valence-electron chi connectivity index (χ4n) is 3.85. The van der Waals surface area contributed by atoms with Gasteiger partial charge in [0.15, 0.2) is 6.29 Å². The number of ether oxygens (including phenoxy) is 4. The van der Waals surface area contributed by atoms with Gasteiger partial charge in [-0.25, -0.2) is 0 Å². The van der Waals surface area contributed by atoms with Crippen LogP contribution < -0.4 is 0 Å². The van der Waals surface area contributed by atoms with Crippen LogP contribution in [0.5, 0.6) is 0 Å². The van der Waals surface area contributed by atoms with Crippen LogP contribution in [0.15, 0.2) is 0 Å². The summed E-state index contributed by atoms with van der Waals surface area (Å²) in [6, 6.07) is 0. The van der Waals surface area contributed by atoms with Gasteiger partial charge < -0.3 is 24.1 Å². The molecule has 10 atom stereocenters. The van der Waals surface area contributed by atoms with Gasteiger partial charge in [0.25, 0.3) is 0 Å². The molecule has 0 spiro atoms. The van der Waals surface area contributed by atoms with Gasteiger partial charge >= 0.3 is 12.1 Å². The van der Waals surface area contributed by atoms with Crippen LogP contribution in [0.1, 0.15) is 54.9 Å². The predicted molar refractivity (Wildman–Crippen MR) is 97.9 cm³/mol. The van der Waals surface area contributed by atoms with Crippen LogP contribution in [0.4, 0.5) is 0 Å². The summed E-state index contributed by atoms with van der Waals surface area (Å²) in [5, 5.41) is 10.4. The Morgan fingerprint density at radius 1 is 0.964 bits per heavy atom. The van der Waals surface area contributed by atoms with Crippen LogP contribution in [0, 0.1) is 17.8 Å². The Hall–Kier alpha value is -1.31. The Kier molecular flexibility index (Phi) is 9.74. The largest absolute Gasteiger partial charge is 0.459 e. The predicted octanol–water partition coefficient (Wildman–Crippen LogP) is 1.93. The molecule has 0 aliphatic carbocycles. The lowest BCUT2D eigenvalue weighted by Crippen LogP contribution is -2.58. The molecule has 2 aliphatic heterocycles. The first-order valence-corrected chi connectivity index (χ1v) is 9.89. The average molecular weight is 402 g/mol. The van der Waals surface area contributed by atoms with Crippen LogP contribution in [-0.2, 0) is 33.3 Å². The fourth-order valence-corrected chi connectivity index (χ4v) is 3.85. The SMILES string of the molecule is CCC1O[C@@H](O[C@@H]2C(C)O[C@H](C)C(C)[C@@H]2OC(C)=O)C(C)[C@@H](C)[C@@H]1O.O=C=O. The van der Waals surface area contributed by atoms with Crippen LogP contribution >= 0.6 is 0 Å². The maximum absolute atomic E-state index is 11.6. The third kappa shape index (κ3) is 5.84. The van der Waals surface area contributed by atoms with E-state index in [4.69, 9.17) is 28.5 Å². The normalized spacial score (nSPS) is 43.3. The van der Waals surface area contributed by atoms with Crippen molar-refractivity contribution in [3.05, 3.63) is 0 Å². The summed E-state index contributed by atoms with van der Waals surface area (Å²) >= 11 is 0. The maximum Gasteiger partial charge on any atom is 0.373 e. The molecule has 0 bridgehead atoms. The first-order valence-electron chi connectivity index (χ1n) is 9.89. The lowest BCUT2D eigenvalue weighted by atomic mass is 9.83. The van der Waals surface area contributed by atoms with Crippen molar-refractivity contribution in [1.29, 1.82) is 0 Å². The highest BCUT2D eigenvalue weighted by Gasteiger charge is 2.47. The topological polar surface area (TPSA) is 108 Å². The van der Waals surface area contributed by atoms with Gasteiger partial charge in [0.2, 0.25) is 0 Å². The van der Waals surface area contributed by atoms with Gasteiger partial charge in [-0.15, -0.1) is 0 Å². The van der Waals surface area contributed by atoms with E-state index in [1.165, 1.54) is 6.92 Å². The first-order chi connectivity index (χ1) is 13.1. The van der Waals surface area contributed by atoms with Crippen LogP contribution in [0.25, 0.3) is 0 Å². The van der Waals surface area contributed by atoms with Crippen molar-refractivity contribution >= 4 is 12.1 Å².